The molecule has 1 aromatic heterocycles. The number of carbonyl (C=O) groups excluding carboxylic acids is 3. The molecule has 126 valence electrons. The van der Waals surface area contributed by atoms with Crippen molar-refractivity contribution in [1.82, 2.24) is 10.2 Å². The number of nitrogens with zero attached hydrogens (tertiary/aromatic N) is 1. The minimum atomic E-state index is -0.794. The molecule has 0 radical (unpaired) electrons. The summed E-state index contributed by atoms with van der Waals surface area (Å²) in [4.78, 5) is 34.9. The summed E-state index contributed by atoms with van der Waals surface area (Å²) in [6.45, 7) is 1.40. The summed E-state index contributed by atoms with van der Waals surface area (Å²) >= 11 is 0. The van der Waals surface area contributed by atoms with Crippen molar-refractivity contribution in [3.8, 4) is 0 Å². The zero-order chi connectivity index (χ0) is 17.8. The number of carbonyl (C=O) groups is 3. The van der Waals surface area contributed by atoms with Crippen LogP contribution < -0.4 is 16.0 Å². The molecule has 0 spiro atoms. The highest BCUT2D eigenvalue weighted by molar-refractivity contribution is 6.43. The quantitative estimate of drug-likeness (QED) is 0.548. The number of hydrogen-bond donors (Lipinski definition) is 4. The first-order chi connectivity index (χ1) is 12.0. The lowest BCUT2D eigenvalue weighted by molar-refractivity contribution is -0.132. The van der Waals surface area contributed by atoms with Gasteiger partial charge in [-0.2, -0.15) is 5.10 Å². The fourth-order valence-corrected chi connectivity index (χ4v) is 2.23. The molecular weight excluding hydrogens is 322 g/mol. The van der Waals surface area contributed by atoms with Crippen LogP contribution in [0.4, 0.5) is 17.1 Å². The fraction of sp³-hybridized carbons (Fsp3) is 0.0588. The van der Waals surface area contributed by atoms with Gasteiger partial charge in [-0.15, -0.1) is 0 Å². The number of nitrogens with one attached hydrogen (secondary N) is 4. The molecule has 8 heteroatoms. The number of benzene rings is 2. The molecule has 0 bridgehead atoms. The van der Waals surface area contributed by atoms with Crippen LogP contribution in [0.25, 0.3) is 10.9 Å². The maximum Gasteiger partial charge on any atom is 0.314 e. The molecule has 0 unspecified atom stereocenters. The van der Waals surface area contributed by atoms with Crippen LogP contribution in [0.5, 0.6) is 0 Å². The van der Waals surface area contributed by atoms with Gasteiger partial charge < -0.3 is 16.0 Å². The van der Waals surface area contributed by atoms with Crippen LogP contribution in [0.2, 0.25) is 0 Å². The summed E-state index contributed by atoms with van der Waals surface area (Å²) in [7, 11) is 0. The van der Waals surface area contributed by atoms with Crippen LogP contribution in [-0.2, 0) is 14.4 Å². The van der Waals surface area contributed by atoms with Crippen molar-refractivity contribution in [2.75, 3.05) is 16.0 Å². The van der Waals surface area contributed by atoms with E-state index in [-0.39, 0.29) is 5.91 Å². The number of aromatic nitrogens is 2. The molecule has 0 aliphatic rings. The van der Waals surface area contributed by atoms with E-state index in [9.17, 15) is 14.4 Å². The van der Waals surface area contributed by atoms with Gasteiger partial charge in [-0.1, -0.05) is 0 Å². The van der Waals surface area contributed by atoms with Gasteiger partial charge in [0.25, 0.3) is 0 Å². The van der Waals surface area contributed by atoms with Gasteiger partial charge in [0.05, 0.1) is 11.7 Å². The third-order valence-electron chi connectivity index (χ3n) is 3.37. The number of H-pyrrole nitrogens is 1. The SMILES string of the molecule is CC(=O)Nc1ccc(NC(=O)C(=O)Nc2ccc3cn[nH]c3c2)cc1. The molecule has 0 aliphatic heterocycles. The van der Waals surface area contributed by atoms with E-state index in [0.29, 0.717) is 17.1 Å². The summed E-state index contributed by atoms with van der Waals surface area (Å²) in [6, 6.07) is 11.6. The van der Waals surface area contributed by atoms with Gasteiger partial charge in [0.2, 0.25) is 5.91 Å². The van der Waals surface area contributed by atoms with Crippen LogP contribution >= 0.6 is 0 Å². The highest BCUT2D eigenvalue weighted by Gasteiger charge is 2.14. The normalized spacial score (nSPS) is 10.3. The van der Waals surface area contributed by atoms with Crippen molar-refractivity contribution >= 4 is 45.7 Å². The Morgan fingerprint density at radius 3 is 2.04 bits per heavy atom. The second-order valence-corrected chi connectivity index (χ2v) is 5.34. The molecule has 25 heavy (non-hydrogen) atoms. The van der Waals surface area contributed by atoms with Gasteiger partial charge in [-0.05, 0) is 42.5 Å². The molecule has 1 heterocycles. The molecule has 0 saturated carbocycles. The van der Waals surface area contributed by atoms with Crippen molar-refractivity contribution < 1.29 is 14.4 Å². The Morgan fingerprint density at radius 2 is 1.40 bits per heavy atom. The number of rotatable bonds is 3. The fourth-order valence-electron chi connectivity index (χ4n) is 2.23. The Bertz CT molecular complexity index is 946. The molecule has 3 amide bonds. The molecule has 3 rings (SSSR count). The zero-order valence-corrected chi connectivity index (χ0v) is 13.3. The molecule has 0 fully saturated rings. The predicted molar refractivity (Wildman–Crippen MR) is 94.1 cm³/mol. The average Bonchev–Trinajstić information content (AvgIpc) is 3.03. The van der Waals surface area contributed by atoms with Crippen LogP contribution in [0.1, 0.15) is 6.92 Å². The summed E-state index contributed by atoms with van der Waals surface area (Å²) in [5.41, 5.74) is 2.28. The van der Waals surface area contributed by atoms with E-state index in [0.717, 1.165) is 10.9 Å². The maximum atomic E-state index is 12.0. The Morgan fingerprint density at radius 1 is 0.840 bits per heavy atom. The van der Waals surface area contributed by atoms with E-state index in [1.165, 1.54) is 6.92 Å². The first-order valence-corrected chi connectivity index (χ1v) is 7.44. The number of hydrogen-bond acceptors (Lipinski definition) is 4. The third kappa shape index (κ3) is 3.99. The second-order valence-electron chi connectivity index (χ2n) is 5.34. The van der Waals surface area contributed by atoms with Crippen LogP contribution in [-0.4, -0.2) is 27.9 Å². The van der Waals surface area contributed by atoms with E-state index < -0.39 is 11.8 Å². The van der Waals surface area contributed by atoms with Crippen molar-refractivity contribution in [2.45, 2.75) is 6.92 Å². The third-order valence-corrected chi connectivity index (χ3v) is 3.37. The second kappa shape index (κ2) is 6.83. The topological polar surface area (TPSA) is 116 Å². The van der Waals surface area contributed by atoms with Gasteiger partial charge in [0, 0.05) is 29.4 Å². The highest BCUT2D eigenvalue weighted by atomic mass is 16.2. The standard InChI is InChI=1S/C17H15N5O3/c1-10(23)19-12-4-6-13(7-5-12)20-16(24)17(25)21-14-3-2-11-9-18-22-15(11)8-14/h2-9H,1H3,(H,18,22)(H,19,23)(H,20,24)(H,21,25). The van der Waals surface area contributed by atoms with E-state index in [1.54, 1.807) is 48.7 Å². The Labute approximate surface area is 142 Å². The van der Waals surface area contributed by atoms with Crippen LogP contribution in [0.3, 0.4) is 0 Å². The minimum absolute atomic E-state index is 0.189. The Kier molecular flexibility index (Phi) is 4.42. The lowest BCUT2D eigenvalue weighted by Gasteiger charge is -2.08. The number of fused-ring (bicyclic) bond motifs is 1. The van der Waals surface area contributed by atoms with Crippen molar-refractivity contribution in [3.05, 3.63) is 48.7 Å². The van der Waals surface area contributed by atoms with Gasteiger partial charge in [-0.3, -0.25) is 19.5 Å². The van der Waals surface area contributed by atoms with Crippen molar-refractivity contribution in [3.63, 3.8) is 0 Å². The molecule has 8 nitrogen and oxygen atoms in total. The lowest BCUT2D eigenvalue weighted by Crippen LogP contribution is -2.29. The summed E-state index contributed by atoms with van der Waals surface area (Å²) in [5, 5.41) is 15.2. The van der Waals surface area contributed by atoms with E-state index in [1.807, 2.05) is 0 Å². The van der Waals surface area contributed by atoms with E-state index >= 15 is 0 Å². The number of aromatic amines is 1. The Balaban J connectivity index is 1.62. The lowest BCUT2D eigenvalue weighted by atomic mass is 10.2. The smallest absolute Gasteiger partial charge is 0.314 e. The maximum absolute atomic E-state index is 12.0. The van der Waals surface area contributed by atoms with E-state index in [4.69, 9.17) is 0 Å². The van der Waals surface area contributed by atoms with Crippen LogP contribution in [0.15, 0.2) is 48.7 Å². The summed E-state index contributed by atoms with van der Waals surface area (Å²) in [5.74, 6) is -1.77. The monoisotopic (exact) mass is 337 g/mol. The zero-order valence-electron chi connectivity index (χ0n) is 13.3. The molecule has 0 atom stereocenters. The van der Waals surface area contributed by atoms with Gasteiger partial charge >= 0.3 is 11.8 Å². The van der Waals surface area contributed by atoms with E-state index in [2.05, 4.69) is 26.1 Å². The highest BCUT2D eigenvalue weighted by Crippen LogP contribution is 2.17. The minimum Gasteiger partial charge on any atom is -0.326 e. The van der Waals surface area contributed by atoms with Crippen molar-refractivity contribution in [1.29, 1.82) is 0 Å². The number of amides is 3. The summed E-state index contributed by atoms with van der Waals surface area (Å²) < 4.78 is 0. The van der Waals surface area contributed by atoms with Gasteiger partial charge in [0.15, 0.2) is 0 Å². The molecule has 3 aromatic rings. The molecule has 0 saturated heterocycles. The predicted octanol–water partition coefficient (Wildman–Crippen LogP) is 2.10. The van der Waals surface area contributed by atoms with Gasteiger partial charge in [0.1, 0.15) is 0 Å². The van der Waals surface area contributed by atoms with Gasteiger partial charge in [-0.25, -0.2) is 0 Å². The Hall–Kier alpha value is -3.68. The molecule has 4 N–H and O–H groups in total. The molecule has 0 aliphatic carbocycles. The van der Waals surface area contributed by atoms with Crippen molar-refractivity contribution in [2.24, 2.45) is 0 Å². The average molecular weight is 337 g/mol. The van der Waals surface area contributed by atoms with Crippen LogP contribution in [0, 0.1) is 0 Å². The molecule has 2 aromatic carbocycles. The summed E-state index contributed by atoms with van der Waals surface area (Å²) in [6.07, 6.45) is 1.66. The largest absolute Gasteiger partial charge is 0.326 e. The number of anilines is 3. The first-order valence-electron chi connectivity index (χ1n) is 7.44. The molecular formula is C17H15N5O3. The first kappa shape index (κ1) is 16.2.